The highest BCUT2D eigenvalue weighted by Crippen LogP contribution is 2.33. The number of nitrogens with one attached hydrogen (secondary N) is 2. The van der Waals surface area contributed by atoms with Crippen molar-refractivity contribution in [2.24, 2.45) is 0 Å². The minimum atomic E-state index is 0.384. The molecule has 5 aromatic rings. The van der Waals surface area contributed by atoms with Gasteiger partial charge in [0.1, 0.15) is 0 Å². The maximum atomic E-state index is 7.01. The third-order valence-electron chi connectivity index (χ3n) is 5.35. The van der Waals surface area contributed by atoms with E-state index in [0.29, 0.717) is 24.8 Å². The summed E-state index contributed by atoms with van der Waals surface area (Å²) in [6, 6.07) is 9.11. The van der Waals surface area contributed by atoms with Crippen LogP contribution >= 0.6 is 0 Å². The van der Waals surface area contributed by atoms with Gasteiger partial charge in [-0.05, 0) is 30.3 Å². The summed E-state index contributed by atoms with van der Waals surface area (Å²) in [4.78, 5) is 29.3. The van der Waals surface area contributed by atoms with E-state index >= 15 is 0 Å². The van der Waals surface area contributed by atoms with Crippen molar-refractivity contribution in [2.75, 3.05) is 6.61 Å². The van der Waals surface area contributed by atoms with Gasteiger partial charge >= 0.3 is 0 Å². The predicted molar refractivity (Wildman–Crippen MR) is 131 cm³/mol. The van der Waals surface area contributed by atoms with Crippen LogP contribution in [0.2, 0.25) is 0 Å². The van der Waals surface area contributed by atoms with Crippen LogP contribution in [-0.4, -0.2) is 41.1 Å². The number of rotatable bonds is 3. The highest BCUT2D eigenvalue weighted by atomic mass is 16.5. The summed E-state index contributed by atoms with van der Waals surface area (Å²) in [7, 11) is 0. The van der Waals surface area contributed by atoms with Crippen molar-refractivity contribution in [2.45, 2.75) is 13.0 Å². The molecule has 170 valence electrons. The van der Waals surface area contributed by atoms with Crippen LogP contribution < -0.4 is 4.74 Å². The Labute approximate surface area is 200 Å². The molecule has 10 nitrogen and oxygen atoms in total. The lowest BCUT2D eigenvalue weighted by atomic mass is 10.0. The van der Waals surface area contributed by atoms with Crippen molar-refractivity contribution in [3.63, 3.8) is 0 Å². The van der Waals surface area contributed by atoms with E-state index in [4.69, 9.17) is 17.9 Å². The first-order valence-electron chi connectivity index (χ1n) is 10.7. The number of imidazole rings is 2. The number of fused-ring (bicyclic) bond motifs is 2. The van der Waals surface area contributed by atoms with Gasteiger partial charge in [0.05, 0.1) is 43.4 Å². The summed E-state index contributed by atoms with van der Waals surface area (Å²) in [6.07, 6.45) is 11.6. The first kappa shape index (κ1) is 21.6. The van der Waals surface area contributed by atoms with E-state index in [-0.39, 0.29) is 0 Å². The van der Waals surface area contributed by atoms with Crippen LogP contribution in [0.5, 0.6) is 5.75 Å². The largest absolute Gasteiger partial charge is 0.489 e. The molecule has 0 aliphatic carbocycles. The molecule has 0 saturated heterocycles. The van der Waals surface area contributed by atoms with Crippen molar-refractivity contribution < 1.29 is 4.74 Å². The zero-order valence-electron chi connectivity index (χ0n) is 18.5. The number of aromatic amines is 2. The van der Waals surface area contributed by atoms with Gasteiger partial charge in [0.25, 0.3) is 11.6 Å². The van der Waals surface area contributed by atoms with E-state index < -0.39 is 0 Å². The van der Waals surface area contributed by atoms with Crippen LogP contribution in [0.4, 0.5) is 11.6 Å². The average Bonchev–Trinajstić information content (AvgIpc) is 3.68. The van der Waals surface area contributed by atoms with Gasteiger partial charge in [0, 0.05) is 29.8 Å². The molecule has 0 bridgehead atoms. The fourth-order valence-electron chi connectivity index (χ4n) is 3.70. The monoisotopic (exact) mass is 461 g/mol. The SMILES string of the molecule is [C-]#[N+]c1ccc2c(n1)/C(=C/c1cnc[nH]1)CCO2.[C-]#[N+]c1ccc2ccn(Cc3cnc[nH]3)c2n1. The van der Waals surface area contributed by atoms with Gasteiger partial charge in [-0.25, -0.2) is 9.97 Å². The normalized spacial score (nSPS) is 13.3. The number of ether oxygens (including phenoxy) is 1. The minimum Gasteiger partial charge on any atom is -0.489 e. The molecule has 0 aromatic carbocycles. The van der Waals surface area contributed by atoms with Crippen LogP contribution in [0.3, 0.4) is 0 Å². The fraction of sp³-hybridized carbons (Fsp3) is 0.120. The lowest BCUT2D eigenvalue weighted by molar-refractivity contribution is 0.314. The Bertz CT molecular complexity index is 1570. The Morgan fingerprint density at radius 3 is 2.54 bits per heavy atom. The van der Waals surface area contributed by atoms with Gasteiger partial charge in [0.15, 0.2) is 11.4 Å². The summed E-state index contributed by atoms with van der Waals surface area (Å²) in [6.45, 7) is 15.3. The minimum absolute atomic E-state index is 0.384. The van der Waals surface area contributed by atoms with Gasteiger partial charge in [-0.3, -0.25) is 0 Å². The lowest BCUT2D eigenvalue weighted by Crippen LogP contribution is -2.09. The molecule has 0 unspecified atom stereocenters. The van der Waals surface area contributed by atoms with Crippen molar-refractivity contribution in [1.82, 2.24) is 34.5 Å². The summed E-state index contributed by atoms with van der Waals surface area (Å²) < 4.78 is 7.54. The standard InChI is InChI=1S/C13H10N4O.C12H9N5/c1-14-12-3-2-11-13(17-12)9(4-5-18-11)6-10-7-15-8-16-10;1-13-11-3-2-9-4-5-17(12(9)16-11)7-10-6-14-8-15-10/h2-3,6-8H,4-5H2,(H,15,16);2-6,8H,7H2,(H,14,15)/b9-6+;. The van der Waals surface area contributed by atoms with Gasteiger partial charge < -0.3 is 29.0 Å². The summed E-state index contributed by atoms with van der Waals surface area (Å²) in [5.41, 5.74) is 4.58. The van der Waals surface area contributed by atoms with E-state index in [1.54, 1.807) is 43.2 Å². The molecular formula is C25H19N9O. The van der Waals surface area contributed by atoms with Crippen LogP contribution in [0.25, 0.3) is 32.4 Å². The van der Waals surface area contributed by atoms with Crippen LogP contribution in [0, 0.1) is 13.1 Å². The van der Waals surface area contributed by atoms with Crippen LogP contribution in [0.1, 0.15) is 23.5 Å². The molecule has 0 radical (unpaired) electrons. The Kier molecular flexibility index (Phi) is 6.01. The Morgan fingerprint density at radius 1 is 0.971 bits per heavy atom. The Balaban J connectivity index is 0.000000145. The predicted octanol–water partition coefficient (Wildman–Crippen LogP) is 5.04. The van der Waals surface area contributed by atoms with Gasteiger partial charge in [0.2, 0.25) is 5.65 Å². The molecular weight excluding hydrogens is 442 g/mol. The molecule has 0 spiro atoms. The number of aromatic nitrogens is 7. The lowest BCUT2D eigenvalue weighted by Gasteiger charge is -2.16. The first-order valence-corrected chi connectivity index (χ1v) is 10.7. The van der Waals surface area contributed by atoms with Gasteiger partial charge in [-0.15, -0.1) is 9.97 Å². The zero-order valence-corrected chi connectivity index (χ0v) is 18.5. The maximum Gasteiger partial charge on any atom is 0.271 e. The number of hydrogen-bond donors (Lipinski definition) is 2. The van der Waals surface area contributed by atoms with Crippen molar-refractivity contribution in [1.29, 1.82) is 0 Å². The van der Waals surface area contributed by atoms with Crippen molar-refractivity contribution in [3.05, 3.63) is 101 Å². The van der Waals surface area contributed by atoms with E-state index in [9.17, 15) is 0 Å². The van der Waals surface area contributed by atoms with Crippen LogP contribution in [0.15, 0.2) is 61.6 Å². The summed E-state index contributed by atoms with van der Waals surface area (Å²) in [5.74, 6) is 1.54. The molecule has 10 heteroatoms. The number of nitrogens with zero attached hydrogens (tertiary/aromatic N) is 7. The molecule has 5 aromatic heterocycles. The van der Waals surface area contributed by atoms with Gasteiger partial charge in [-0.1, -0.05) is 19.2 Å². The molecule has 35 heavy (non-hydrogen) atoms. The molecule has 1 aliphatic heterocycles. The third-order valence-corrected chi connectivity index (χ3v) is 5.35. The number of hydrogen-bond acceptors (Lipinski definition) is 5. The fourth-order valence-corrected chi connectivity index (χ4v) is 3.70. The second-order valence-electron chi connectivity index (χ2n) is 7.62. The second-order valence-corrected chi connectivity index (χ2v) is 7.62. The molecule has 2 N–H and O–H groups in total. The topological polar surface area (TPSA) is 106 Å². The zero-order chi connectivity index (χ0) is 24.0. The highest BCUT2D eigenvalue weighted by Gasteiger charge is 2.21. The van der Waals surface area contributed by atoms with E-state index in [0.717, 1.165) is 45.9 Å². The Hall–Kier alpha value is -5.22. The Morgan fingerprint density at radius 2 is 1.77 bits per heavy atom. The molecule has 0 saturated carbocycles. The maximum absolute atomic E-state index is 7.01. The van der Waals surface area contributed by atoms with Crippen LogP contribution in [-0.2, 0) is 6.54 Å². The molecule has 0 amide bonds. The van der Waals surface area contributed by atoms with Crippen molar-refractivity contribution >= 4 is 34.3 Å². The summed E-state index contributed by atoms with van der Waals surface area (Å²) in [5, 5.41) is 1.04. The quantitative estimate of drug-likeness (QED) is 0.366. The van der Waals surface area contributed by atoms with Gasteiger partial charge in [-0.2, -0.15) is 0 Å². The second kappa shape index (κ2) is 9.73. The molecule has 6 heterocycles. The smallest absolute Gasteiger partial charge is 0.271 e. The van der Waals surface area contributed by atoms with E-state index in [2.05, 4.69) is 39.6 Å². The number of pyridine rings is 2. The van der Waals surface area contributed by atoms with E-state index in [1.165, 1.54) is 0 Å². The van der Waals surface area contributed by atoms with Crippen molar-refractivity contribution in [3.8, 4) is 5.75 Å². The highest BCUT2D eigenvalue weighted by molar-refractivity contribution is 5.82. The summed E-state index contributed by atoms with van der Waals surface area (Å²) >= 11 is 0. The number of H-pyrrole nitrogens is 2. The third kappa shape index (κ3) is 4.77. The molecule has 1 aliphatic rings. The molecule has 0 atom stereocenters. The molecule has 6 rings (SSSR count). The van der Waals surface area contributed by atoms with E-state index in [1.807, 2.05) is 29.0 Å². The first-order chi connectivity index (χ1) is 17.2. The average molecular weight is 461 g/mol. The molecule has 0 fully saturated rings.